The minimum absolute atomic E-state index is 0.0240. The summed E-state index contributed by atoms with van der Waals surface area (Å²) in [6, 6.07) is 14.1. The predicted molar refractivity (Wildman–Crippen MR) is 114 cm³/mol. The van der Waals surface area contributed by atoms with Crippen molar-refractivity contribution in [3.63, 3.8) is 0 Å². The van der Waals surface area contributed by atoms with Crippen molar-refractivity contribution in [2.75, 3.05) is 27.3 Å². The first-order chi connectivity index (χ1) is 14.7. The number of nitriles is 1. The van der Waals surface area contributed by atoms with E-state index >= 15 is 0 Å². The smallest absolute Gasteiger partial charge is 0.276 e. The van der Waals surface area contributed by atoms with Crippen LogP contribution in [0, 0.1) is 28.4 Å². The Morgan fingerprint density at radius 1 is 1.19 bits per heavy atom. The normalized spacial score (nSPS) is 12.2. The molecular weight excluding hydrogens is 422 g/mol. The summed E-state index contributed by atoms with van der Waals surface area (Å²) in [6.07, 6.45) is 0.441. The molecule has 9 nitrogen and oxygen atoms in total. The van der Waals surface area contributed by atoms with Gasteiger partial charge in [0.05, 0.1) is 28.0 Å². The molecule has 0 atom stereocenters. The van der Waals surface area contributed by atoms with Crippen LogP contribution in [0.25, 0.3) is 6.08 Å². The zero-order chi connectivity index (χ0) is 23.0. The molecule has 0 fully saturated rings. The molecule has 10 heteroatoms. The summed E-state index contributed by atoms with van der Waals surface area (Å²) in [5.41, 5.74) is 0.934. The number of nitro benzene ring substituents is 1. The zero-order valence-corrected chi connectivity index (χ0v) is 18.2. The molecule has 0 N–H and O–H groups in total. The minimum atomic E-state index is -4.01. The van der Waals surface area contributed by atoms with Crippen molar-refractivity contribution in [2.45, 2.75) is 18.1 Å². The second-order valence-electron chi connectivity index (χ2n) is 6.61. The Kier molecular flexibility index (Phi) is 8.41. The molecule has 0 aliphatic rings. The first-order valence-electron chi connectivity index (χ1n) is 9.19. The number of benzene rings is 2. The van der Waals surface area contributed by atoms with E-state index in [1.165, 1.54) is 50.6 Å². The summed E-state index contributed by atoms with van der Waals surface area (Å²) in [6.45, 7) is 1.34. The lowest BCUT2D eigenvalue weighted by Gasteiger charge is -2.25. The lowest BCUT2D eigenvalue weighted by molar-refractivity contribution is -0.385. The molecule has 0 aliphatic heterocycles. The van der Waals surface area contributed by atoms with Crippen LogP contribution in [-0.4, -0.2) is 51.2 Å². The maximum Gasteiger partial charge on any atom is 0.276 e. The van der Waals surface area contributed by atoms with E-state index in [-0.39, 0.29) is 34.8 Å². The lowest BCUT2D eigenvalue weighted by atomic mass is 10.1. The van der Waals surface area contributed by atoms with Gasteiger partial charge in [0.25, 0.3) is 5.69 Å². The van der Waals surface area contributed by atoms with E-state index in [4.69, 9.17) is 9.47 Å². The molecule has 0 saturated carbocycles. The van der Waals surface area contributed by atoms with Crippen molar-refractivity contribution in [3.05, 3.63) is 75.3 Å². The second-order valence-corrected chi connectivity index (χ2v) is 8.55. The molecule has 0 radical (unpaired) electrons. The maximum atomic E-state index is 13.3. The van der Waals surface area contributed by atoms with E-state index in [1.807, 2.05) is 13.0 Å². The van der Waals surface area contributed by atoms with Crippen molar-refractivity contribution in [2.24, 2.45) is 0 Å². The van der Waals surface area contributed by atoms with Gasteiger partial charge in [0.15, 0.2) is 6.29 Å². The molecule has 0 unspecified atom stereocenters. The molecule has 0 amide bonds. The topological polar surface area (TPSA) is 123 Å². The maximum absolute atomic E-state index is 13.3. The Hall–Kier alpha value is -3.10. The summed E-state index contributed by atoms with van der Waals surface area (Å²) in [5.74, 6) is 0. The van der Waals surface area contributed by atoms with Crippen molar-refractivity contribution in [1.82, 2.24) is 4.31 Å². The Bertz CT molecular complexity index is 1090. The van der Waals surface area contributed by atoms with Crippen LogP contribution < -0.4 is 0 Å². The summed E-state index contributed by atoms with van der Waals surface area (Å²) in [7, 11) is -1.26. The first kappa shape index (κ1) is 24.2. The van der Waals surface area contributed by atoms with Crippen LogP contribution in [0.5, 0.6) is 0 Å². The van der Waals surface area contributed by atoms with Gasteiger partial charge < -0.3 is 9.47 Å². The van der Waals surface area contributed by atoms with Crippen LogP contribution in [0.15, 0.2) is 59.0 Å². The molecule has 0 saturated heterocycles. The van der Waals surface area contributed by atoms with Gasteiger partial charge in [-0.3, -0.25) is 10.1 Å². The fourth-order valence-electron chi connectivity index (χ4n) is 2.79. The second kappa shape index (κ2) is 10.8. The van der Waals surface area contributed by atoms with Crippen molar-refractivity contribution in [1.29, 1.82) is 5.26 Å². The molecule has 2 rings (SSSR count). The first-order valence-corrected chi connectivity index (χ1v) is 10.6. The molecule has 0 bridgehead atoms. The largest absolute Gasteiger partial charge is 0.354 e. The van der Waals surface area contributed by atoms with Crippen LogP contribution in [0.2, 0.25) is 0 Å². The SMILES string of the molecule is COC(CN(C/C(C#N)=C/c1ccccc1[N+](=O)[O-])S(=O)(=O)c1ccc(C)cc1)OC. The lowest BCUT2D eigenvalue weighted by Crippen LogP contribution is -2.40. The number of ether oxygens (including phenoxy) is 2. The highest BCUT2D eigenvalue weighted by Gasteiger charge is 2.28. The van der Waals surface area contributed by atoms with Gasteiger partial charge in [-0.05, 0) is 31.2 Å². The zero-order valence-electron chi connectivity index (χ0n) is 17.4. The van der Waals surface area contributed by atoms with Crippen LogP contribution >= 0.6 is 0 Å². The van der Waals surface area contributed by atoms with Crippen LogP contribution in [0.1, 0.15) is 11.1 Å². The summed E-state index contributed by atoms with van der Waals surface area (Å²) in [4.78, 5) is 10.7. The molecule has 0 heterocycles. The number of methoxy groups -OCH3 is 2. The van der Waals surface area contributed by atoms with Gasteiger partial charge in [-0.25, -0.2) is 8.42 Å². The molecule has 31 heavy (non-hydrogen) atoms. The fraction of sp³-hybridized carbons (Fsp3) is 0.286. The van der Waals surface area contributed by atoms with Gasteiger partial charge in [-0.15, -0.1) is 0 Å². The monoisotopic (exact) mass is 445 g/mol. The molecule has 0 aliphatic carbocycles. The van der Waals surface area contributed by atoms with Crippen LogP contribution in [0.4, 0.5) is 5.69 Å². The fourth-order valence-corrected chi connectivity index (χ4v) is 4.19. The standard InChI is InChI=1S/C21H23N3O6S/c1-16-8-10-19(11-9-16)31(27,28)23(15-21(29-2)30-3)14-17(13-22)12-18-6-4-5-7-20(18)24(25)26/h4-12,21H,14-15H2,1-3H3/b17-12+. The van der Waals surface area contributed by atoms with Crippen LogP contribution in [0.3, 0.4) is 0 Å². The number of hydrogen-bond acceptors (Lipinski definition) is 7. The Morgan fingerprint density at radius 2 is 1.81 bits per heavy atom. The summed E-state index contributed by atoms with van der Waals surface area (Å²) in [5, 5.41) is 20.9. The highest BCUT2D eigenvalue weighted by molar-refractivity contribution is 7.89. The molecule has 0 aromatic heterocycles. The predicted octanol–water partition coefficient (Wildman–Crippen LogP) is 3.12. The number of hydrogen-bond donors (Lipinski definition) is 0. The highest BCUT2D eigenvalue weighted by Crippen LogP contribution is 2.23. The molecule has 164 valence electrons. The third-order valence-electron chi connectivity index (χ3n) is 4.49. The van der Waals surface area contributed by atoms with E-state index < -0.39 is 21.2 Å². The van der Waals surface area contributed by atoms with Crippen molar-refractivity contribution < 1.29 is 22.8 Å². The van der Waals surface area contributed by atoms with Gasteiger partial charge in [0.1, 0.15) is 0 Å². The number of para-hydroxylation sites is 1. The molecule has 2 aromatic rings. The molecule has 0 spiro atoms. The van der Waals surface area contributed by atoms with E-state index in [1.54, 1.807) is 18.2 Å². The Balaban J connectivity index is 2.48. The van der Waals surface area contributed by atoms with Gasteiger partial charge in [-0.2, -0.15) is 9.57 Å². The van der Waals surface area contributed by atoms with E-state index in [0.29, 0.717) is 0 Å². The summed E-state index contributed by atoms with van der Waals surface area (Å²) >= 11 is 0. The van der Waals surface area contributed by atoms with Gasteiger partial charge in [0, 0.05) is 32.4 Å². The van der Waals surface area contributed by atoms with E-state index in [2.05, 4.69) is 0 Å². The van der Waals surface area contributed by atoms with Gasteiger partial charge in [0.2, 0.25) is 10.0 Å². The average molecular weight is 445 g/mol. The number of rotatable bonds is 10. The number of nitrogens with zero attached hydrogens (tertiary/aromatic N) is 3. The number of sulfonamides is 1. The third-order valence-corrected chi connectivity index (χ3v) is 6.32. The van der Waals surface area contributed by atoms with Crippen molar-refractivity contribution >= 4 is 21.8 Å². The van der Waals surface area contributed by atoms with Crippen molar-refractivity contribution in [3.8, 4) is 6.07 Å². The minimum Gasteiger partial charge on any atom is -0.354 e. The third kappa shape index (κ3) is 6.19. The average Bonchev–Trinajstić information content (AvgIpc) is 2.76. The van der Waals surface area contributed by atoms with E-state index in [0.717, 1.165) is 9.87 Å². The quantitative estimate of drug-likeness (QED) is 0.238. The summed E-state index contributed by atoms with van der Waals surface area (Å²) < 4.78 is 37.9. The molecule has 2 aromatic carbocycles. The van der Waals surface area contributed by atoms with E-state index in [9.17, 15) is 23.8 Å². The van der Waals surface area contributed by atoms with Gasteiger partial charge in [-0.1, -0.05) is 29.8 Å². The number of aryl methyl sites for hydroxylation is 1. The Labute approximate surface area is 181 Å². The molecular formula is C21H23N3O6S. The highest BCUT2D eigenvalue weighted by atomic mass is 32.2. The number of nitro groups is 1. The van der Waals surface area contributed by atoms with Crippen LogP contribution in [-0.2, 0) is 19.5 Å². The Morgan fingerprint density at radius 3 is 2.35 bits per heavy atom. The van der Waals surface area contributed by atoms with Gasteiger partial charge >= 0.3 is 0 Å².